The Morgan fingerprint density at radius 1 is 1.14 bits per heavy atom. The summed E-state index contributed by atoms with van der Waals surface area (Å²) in [5.74, 6) is 1.07. The largest absolute Gasteiger partial charge is 0.497 e. The third kappa shape index (κ3) is 5.80. The molecule has 0 bridgehead atoms. The van der Waals surface area contributed by atoms with Gasteiger partial charge in [0, 0.05) is 34.1 Å². The molecule has 2 amide bonds. The average Bonchev–Trinajstić information content (AvgIpc) is 3.34. The Balaban J connectivity index is 1.53. The number of methoxy groups -OCH3 is 1. The first-order valence-electron chi connectivity index (χ1n) is 11.6. The maximum atomic E-state index is 13.6. The Bertz CT molecular complexity index is 1200. The predicted molar refractivity (Wildman–Crippen MR) is 139 cm³/mol. The van der Waals surface area contributed by atoms with Gasteiger partial charge < -0.3 is 19.3 Å². The first-order valence-corrected chi connectivity index (χ1v) is 12.8. The van der Waals surface area contributed by atoms with E-state index < -0.39 is 0 Å². The second-order valence-corrected chi connectivity index (χ2v) is 10.1. The normalized spacial score (nSPS) is 15.0. The number of benzene rings is 2. The monoisotopic (exact) mass is 512 g/mol. The molecular weight excluding hydrogens is 484 g/mol. The van der Waals surface area contributed by atoms with Gasteiger partial charge in [0.2, 0.25) is 5.91 Å². The van der Waals surface area contributed by atoms with Gasteiger partial charge in [-0.15, -0.1) is 11.3 Å². The van der Waals surface area contributed by atoms with Crippen molar-refractivity contribution >= 4 is 34.8 Å². The molecule has 184 valence electrons. The summed E-state index contributed by atoms with van der Waals surface area (Å²) in [6.45, 7) is 4.69. The molecule has 1 unspecified atom stereocenters. The van der Waals surface area contributed by atoms with Gasteiger partial charge in [0.25, 0.3) is 5.91 Å². The Hall–Kier alpha value is -3.03. The molecule has 0 radical (unpaired) electrons. The molecule has 8 heteroatoms. The zero-order valence-corrected chi connectivity index (χ0v) is 21.6. The number of halogens is 1. The molecule has 2 heterocycles. The van der Waals surface area contributed by atoms with Gasteiger partial charge in [0.15, 0.2) is 0 Å². The highest BCUT2D eigenvalue weighted by molar-refractivity contribution is 7.10. The topological polar surface area (TPSA) is 59.1 Å². The molecule has 1 atom stereocenters. The van der Waals surface area contributed by atoms with Gasteiger partial charge in [-0.25, -0.2) is 0 Å². The van der Waals surface area contributed by atoms with E-state index in [9.17, 15) is 9.59 Å². The van der Waals surface area contributed by atoms with E-state index in [1.54, 1.807) is 47.6 Å². The van der Waals surface area contributed by atoms with Crippen LogP contribution in [0.4, 0.5) is 0 Å². The molecule has 0 saturated heterocycles. The predicted octanol–water partition coefficient (Wildman–Crippen LogP) is 5.47. The average molecular weight is 513 g/mol. The maximum absolute atomic E-state index is 13.6. The zero-order valence-electron chi connectivity index (χ0n) is 20.1. The molecule has 1 aliphatic heterocycles. The minimum atomic E-state index is -0.237. The fourth-order valence-corrected chi connectivity index (χ4v) is 5.37. The van der Waals surface area contributed by atoms with E-state index in [-0.39, 0.29) is 30.4 Å². The second kappa shape index (κ2) is 11.1. The summed E-state index contributed by atoms with van der Waals surface area (Å²) in [5.41, 5.74) is 1.57. The van der Waals surface area contributed by atoms with Crippen LogP contribution in [0, 0.1) is 0 Å². The summed E-state index contributed by atoms with van der Waals surface area (Å²) in [4.78, 5) is 31.5. The van der Waals surface area contributed by atoms with Crippen molar-refractivity contribution in [1.29, 1.82) is 0 Å². The fraction of sp³-hybridized carbons (Fsp3) is 0.333. The summed E-state index contributed by atoms with van der Waals surface area (Å²) in [5, 5.41) is 2.54. The van der Waals surface area contributed by atoms with Crippen LogP contribution in [0.25, 0.3) is 0 Å². The van der Waals surface area contributed by atoms with Crippen molar-refractivity contribution in [3.63, 3.8) is 0 Å². The summed E-state index contributed by atoms with van der Waals surface area (Å²) in [7, 11) is 1.61. The minimum Gasteiger partial charge on any atom is -0.497 e. The van der Waals surface area contributed by atoms with Gasteiger partial charge in [-0.1, -0.05) is 23.7 Å². The van der Waals surface area contributed by atoms with Crippen molar-refractivity contribution < 1.29 is 19.1 Å². The molecule has 0 N–H and O–H groups in total. The highest BCUT2D eigenvalue weighted by Gasteiger charge is 2.34. The summed E-state index contributed by atoms with van der Waals surface area (Å²) in [6, 6.07) is 15.9. The molecule has 0 fully saturated rings. The summed E-state index contributed by atoms with van der Waals surface area (Å²) < 4.78 is 11.4. The standard InChI is InChI=1S/C27H29ClN2O4S/c1-18(2)30(27(32)19-6-4-7-20(28)14-19)16-26(31)29-12-10-25-23(11-13-35-25)24(29)17-34-22-9-5-8-21(15-22)33-3/h4-9,11,13-15,18,24H,10,12,16-17H2,1-3H3. The number of hydrogen-bond donors (Lipinski definition) is 0. The van der Waals surface area contributed by atoms with Crippen molar-refractivity contribution in [2.45, 2.75) is 32.4 Å². The van der Waals surface area contributed by atoms with E-state index in [0.717, 1.165) is 12.0 Å². The van der Waals surface area contributed by atoms with E-state index in [1.165, 1.54) is 4.88 Å². The molecule has 0 aliphatic carbocycles. The lowest BCUT2D eigenvalue weighted by molar-refractivity contribution is -0.136. The highest BCUT2D eigenvalue weighted by Crippen LogP contribution is 2.34. The summed E-state index contributed by atoms with van der Waals surface area (Å²) in [6.07, 6.45) is 0.790. The third-order valence-electron chi connectivity index (χ3n) is 6.13. The van der Waals surface area contributed by atoms with Crippen LogP contribution in [0.2, 0.25) is 5.02 Å². The van der Waals surface area contributed by atoms with Crippen molar-refractivity contribution in [2.24, 2.45) is 0 Å². The van der Waals surface area contributed by atoms with Crippen molar-refractivity contribution in [1.82, 2.24) is 9.80 Å². The minimum absolute atomic E-state index is 0.0157. The van der Waals surface area contributed by atoms with Crippen LogP contribution in [-0.4, -0.2) is 54.5 Å². The Morgan fingerprint density at radius 3 is 2.66 bits per heavy atom. The molecule has 35 heavy (non-hydrogen) atoms. The number of nitrogens with zero attached hydrogens (tertiary/aromatic N) is 2. The van der Waals surface area contributed by atoms with E-state index in [0.29, 0.717) is 35.2 Å². The smallest absolute Gasteiger partial charge is 0.254 e. The lowest BCUT2D eigenvalue weighted by atomic mass is 10.00. The molecular formula is C27H29ClN2O4S. The van der Waals surface area contributed by atoms with Gasteiger partial charge in [0.1, 0.15) is 24.7 Å². The number of thiophene rings is 1. The number of carbonyl (C=O) groups excluding carboxylic acids is 2. The Kier molecular flexibility index (Phi) is 7.98. The van der Waals surface area contributed by atoms with Crippen LogP contribution in [0.3, 0.4) is 0 Å². The molecule has 1 aliphatic rings. The van der Waals surface area contributed by atoms with Gasteiger partial charge >= 0.3 is 0 Å². The first kappa shape index (κ1) is 25.1. The number of carbonyl (C=O) groups is 2. The van der Waals surface area contributed by atoms with Gasteiger partial charge in [-0.05, 0) is 67.6 Å². The summed E-state index contributed by atoms with van der Waals surface area (Å²) >= 11 is 7.80. The Morgan fingerprint density at radius 2 is 1.91 bits per heavy atom. The maximum Gasteiger partial charge on any atom is 0.254 e. The third-order valence-corrected chi connectivity index (χ3v) is 7.36. The quantitative estimate of drug-likeness (QED) is 0.402. The van der Waals surface area contributed by atoms with Gasteiger partial charge in [0.05, 0.1) is 13.2 Å². The number of hydrogen-bond acceptors (Lipinski definition) is 5. The van der Waals surface area contributed by atoms with E-state index in [1.807, 2.05) is 43.0 Å². The van der Waals surface area contributed by atoms with Crippen LogP contribution in [-0.2, 0) is 11.2 Å². The van der Waals surface area contributed by atoms with Crippen LogP contribution >= 0.6 is 22.9 Å². The lowest BCUT2D eigenvalue weighted by Crippen LogP contribution is -2.49. The van der Waals surface area contributed by atoms with Gasteiger partial charge in [-0.2, -0.15) is 0 Å². The SMILES string of the molecule is COc1cccc(OCC2c3ccsc3CCN2C(=O)CN(C(=O)c2cccc(Cl)c2)C(C)C)c1. The number of fused-ring (bicyclic) bond motifs is 1. The molecule has 0 saturated carbocycles. The molecule has 3 aromatic rings. The van der Waals surface area contributed by atoms with Crippen molar-refractivity contribution in [3.8, 4) is 11.5 Å². The number of ether oxygens (including phenoxy) is 2. The van der Waals surface area contributed by atoms with E-state index in [2.05, 4.69) is 11.4 Å². The number of rotatable bonds is 8. The molecule has 2 aromatic carbocycles. The van der Waals surface area contributed by atoms with Crippen LogP contribution in [0.1, 0.15) is 40.7 Å². The first-order chi connectivity index (χ1) is 16.9. The lowest BCUT2D eigenvalue weighted by Gasteiger charge is -2.37. The molecule has 0 spiro atoms. The van der Waals surface area contributed by atoms with Crippen LogP contribution < -0.4 is 9.47 Å². The van der Waals surface area contributed by atoms with Crippen molar-refractivity contribution in [2.75, 3.05) is 26.8 Å². The molecule has 6 nitrogen and oxygen atoms in total. The molecule has 1 aromatic heterocycles. The number of amides is 2. The van der Waals surface area contributed by atoms with Crippen molar-refractivity contribution in [3.05, 3.63) is 81.0 Å². The van der Waals surface area contributed by atoms with E-state index in [4.69, 9.17) is 21.1 Å². The second-order valence-electron chi connectivity index (χ2n) is 8.68. The van der Waals surface area contributed by atoms with Crippen LogP contribution in [0.15, 0.2) is 60.0 Å². The zero-order chi connectivity index (χ0) is 24.9. The fourth-order valence-electron chi connectivity index (χ4n) is 4.25. The Labute approximate surface area is 215 Å². The van der Waals surface area contributed by atoms with Gasteiger partial charge in [-0.3, -0.25) is 9.59 Å². The highest BCUT2D eigenvalue weighted by atomic mass is 35.5. The molecule has 4 rings (SSSR count). The van der Waals surface area contributed by atoms with Crippen LogP contribution in [0.5, 0.6) is 11.5 Å². The van der Waals surface area contributed by atoms with E-state index >= 15 is 0 Å².